The Bertz CT molecular complexity index is 250. The van der Waals surface area contributed by atoms with Crippen LogP contribution in [0.25, 0.3) is 0 Å². The molecular formula is C9H21ClN6O. The van der Waals surface area contributed by atoms with Crippen LogP contribution in [0, 0.1) is 5.41 Å². The van der Waals surface area contributed by atoms with Crippen LogP contribution in [0.5, 0.6) is 0 Å². The summed E-state index contributed by atoms with van der Waals surface area (Å²) in [5.74, 6) is 0.0358. The summed E-state index contributed by atoms with van der Waals surface area (Å²) in [6.07, 6.45) is 3.57. The third-order valence-corrected chi connectivity index (χ3v) is 1.54. The molecule has 100 valence electrons. The Kier molecular flexibility index (Phi) is 13.2. The summed E-state index contributed by atoms with van der Waals surface area (Å²) in [4.78, 5) is 7.65. The quantitative estimate of drug-likeness (QED) is 0.327. The summed E-state index contributed by atoms with van der Waals surface area (Å²) in [7, 11) is 0. The van der Waals surface area contributed by atoms with Gasteiger partial charge in [-0.2, -0.15) is 0 Å². The van der Waals surface area contributed by atoms with E-state index in [9.17, 15) is 0 Å². The van der Waals surface area contributed by atoms with Crippen molar-refractivity contribution in [3.8, 4) is 0 Å². The molecule has 6 N–H and O–H groups in total. The Morgan fingerprint density at radius 3 is 2.65 bits per heavy atom. The molecule has 0 atom stereocenters. The topological polar surface area (TPSA) is 122 Å². The minimum Gasteiger partial charge on any atom is -0.482 e. The minimum absolute atomic E-state index is 0. The molecule has 0 aliphatic carbocycles. The fraction of sp³-hybridized carbons (Fsp3) is 0.667. The van der Waals surface area contributed by atoms with E-state index in [1.165, 1.54) is 6.40 Å². The highest BCUT2D eigenvalue weighted by Crippen LogP contribution is 1.85. The second kappa shape index (κ2) is 12.6. The second-order valence-corrected chi connectivity index (χ2v) is 3.04. The normalized spacial score (nSPS) is 12.9. The van der Waals surface area contributed by atoms with Gasteiger partial charge in [0.1, 0.15) is 6.61 Å². The van der Waals surface area contributed by atoms with E-state index in [4.69, 9.17) is 16.9 Å². The number of nitrogens with zero attached hydrogens (tertiary/aromatic N) is 2. The van der Waals surface area contributed by atoms with E-state index in [1.54, 1.807) is 0 Å². The van der Waals surface area contributed by atoms with Gasteiger partial charge in [-0.15, -0.1) is 12.4 Å². The van der Waals surface area contributed by atoms with Gasteiger partial charge in [0.15, 0.2) is 18.3 Å². The van der Waals surface area contributed by atoms with E-state index in [0.717, 1.165) is 26.0 Å². The Morgan fingerprint density at radius 2 is 2.29 bits per heavy atom. The zero-order valence-corrected chi connectivity index (χ0v) is 10.8. The molecule has 0 amide bonds. The molecule has 0 radical (unpaired) electrons. The summed E-state index contributed by atoms with van der Waals surface area (Å²) in [5, 5.41) is 9.20. The molecule has 1 aliphatic rings. The van der Waals surface area contributed by atoms with Crippen LogP contribution in [0.3, 0.4) is 0 Å². The predicted octanol–water partition coefficient (Wildman–Crippen LogP) is 0.0510. The van der Waals surface area contributed by atoms with Gasteiger partial charge in [0.2, 0.25) is 0 Å². The van der Waals surface area contributed by atoms with Crippen molar-refractivity contribution < 1.29 is 4.74 Å². The van der Waals surface area contributed by atoms with Crippen LogP contribution in [-0.2, 0) is 4.74 Å². The zero-order chi connectivity index (χ0) is 12.2. The Morgan fingerprint density at radius 1 is 1.59 bits per heavy atom. The van der Waals surface area contributed by atoms with E-state index in [0.29, 0.717) is 6.54 Å². The number of unbranched alkanes of at least 4 members (excludes halogenated alkanes) is 1. The van der Waals surface area contributed by atoms with Crippen LogP contribution in [-0.4, -0.2) is 38.0 Å². The monoisotopic (exact) mass is 264 g/mol. The van der Waals surface area contributed by atoms with Gasteiger partial charge >= 0.3 is 0 Å². The van der Waals surface area contributed by atoms with Crippen LogP contribution < -0.4 is 16.8 Å². The maximum atomic E-state index is 6.81. The Labute approximate surface area is 108 Å². The molecule has 1 aliphatic heterocycles. The minimum atomic E-state index is -0.178. The highest BCUT2D eigenvalue weighted by Gasteiger charge is 1.90. The summed E-state index contributed by atoms with van der Waals surface area (Å²) < 4.78 is 4.65. The smallest absolute Gasteiger partial charge is 0.195 e. The summed E-state index contributed by atoms with van der Waals surface area (Å²) in [5.41, 5.74) is 10.3. The molecule has 0 bridgehead atoms. The average Bonchev–Trinajstić information content (AvgIpc) is 2.74. The lowest BCUT2D eigenvalue weighted by molar-refractivity contribution is 0.361. The molecule has 0 spiro atoms. The molecule has 17 heavy (non-hydrogen) atoms. The SMILES string of the molecule is C1=NCCO1.CCCCN=C(N)NC(=N)N.Cl. The van der Waals surface area contributed by atoms with E-state index < -0.39 is 0 Å². The molecule has 0 aromatic rings. The standard InChI is InChI=1S/C6H15N5.C3H5NO.ClH/c1-2-3-4-10-6(9)11-5(7)8;1-2-5-3-4-1;/h2-4H2,1H3,(H6,7,8,9,10,11);3H,1-2H2;1H. The molecule has 0 aromatic heterocycles. The zero-order valence-electron chi connectivity index (χ0n) is 9.98. The Balaban J connectivity index is 0. The first kappa shape index (κ1) is 17.9. The maximum Gasteiger partial charge on any atom is 0.195 e. The number of aliphatic imine (C=N–C) groups is 2. The van der Waals surface area contributed by atoms with Crippen LogP contribution in [0.2, 0.25) is 0 Å². The lowest BCUT2D eigenvalue weighted by atomic mass is 10.3. The summed E-state index contributed by atoms with van der Waals surface area (Å²) in [6, 6.07) is 0. The van der Waals surface area contributed by atoms with Crippen molar-refractivity contribution in [3.63, 3.8) is 0 Å². The molecular weight excluding hydrogens is 244 g/mol. The van der Waals surface area contributed by atoms with Crippen molar-refractivity contribution >= 4 is 30.7 Å². The lowest BCUT2D eigenvalue weighted by Gasteiger charge is -2.00. The molecule has 0 unspecified atom stereocenters. The van der Waals surface area contributed by atoms with Crippen molar-refractivity contribution in [2.45, 2.75) is 19.8 Å². The van der Waals surface area contributed by atoms with Crippen molar-refractivity contribution in [1.82, 2.24) is 5.32 Å². The first-order valence-electron chi connectivity index (χ1n) is 5.17. The maximum absolute atomic E-state index is 6.81. The first-order valence-corrected chi connectivity index (χ1v) is 5.17. The van der Waals surface area contributed by atoms with Gasteiger partial charge in [-0.1, -0.05) is 13.3 Å². The molecule has 0 saturated heterocycles. The highest BCUT2D eigenvalue weighted by molar-refractivity contribution is 5.95. The van der Waals surface area contributed by atoms with E-state index in [1.807, 2.05) is 0 Å². The van der Waals surface area contributed by atoms with Crippen LogP contribution in [0.15, 0.2) is 9.98 Å². The second-order valence-electron chi connectivity index (χ2n) is 3.04. The van der Waals surface area contributed by atoms with Gasteiger partial charge < -0.3 is 16.2 Å². The van der Waals surface area contributed by atoms with E-state index >= 15 is 0 Å². The van der Waals surface area contributed by atoms with Crippen LogP contribution in [0.4, 0.5) is 0 Å². The summed E-state index contributed by atoms with van der Waals surface area (Å²) in [6.45, 7) is 4.38. The van der Waals surface area contributed by atoms with Crippen molar-refractivity contribution in [2.24, 2.45) is 21.5 Å². The van der Waals surface area contributed by atoms with Gasteiger partial charge in [0.05, 0.1) is 6.54 Å². The van der Waals surface area contributed by atoms with Crippen molar-refractivity contribution in [3.05, 3.63) is 0 Å². The summed E-state index contributed by atoms with van der Waals surface area (Å²) >= 11 is 0. The molecule has 8 heteroatoms. The molecule has 0 fully saturated rings. The Hall–Kier alpha value is -1.50. The number of ether oxygens (including phenoxy) is 1. The average molecular weight is 265 g/mol. The van der Waals surface area contributed by atoms with E-state index in [-0.39, 0.29) is 24.3 Å². The number of guanidine groups is 2. The van der Waals surface area contributed by atoms with Crippen LogP contribution >= 0.6 is 12.4 Å². The van der Waals surface area contributed by atoms with Crippen molar-refractivity contribution in [1.29, 1.82) is 5.41 Å². The predicted molar refractivity (Wildman–Crippen MR) is 73.0 cm³/mol. The first-order chi connectivity index (χ1) is 7.66. The van der Waals surface area contributed by atoms with Gasteiger partial charge in [0.25, 0.3) is 0 Å². The molecule has 1 rings (SSSR count). The molecule has 7 nitrogen and oxygen atoms in total. The third-order valence-electron chi connectivity index (χ3n) is 1.54. The number of nitrogens with one attached hydrogen (secondary N) is 2. The lowest BCUT2D eigenvalue weighted by Crippen LogP contribution is -2.40. The van der Waals surface area contributed by atoms with Gasteiger partial charge in [-0.3, -0.25) is 20.7 Å². The molecule has 0 saturated carbocycles. The van der Waals surface area contributed by atoms with E-state index in [2.05, 4.69) is 27.0 Å². The highest BCUT2D eigenvalue weighted by atomic mass is 35.5. The van der Waals surface area contributed by atoms with Crippen molar-refractivity contribution in [2.75, 3.05) is 19.7 Å². The molecule has 1 heterocycles. The third kappa shape index (κ3) is 14.5. The number of halogens is 1. The fourth-order valence-corrected chi connectivity index (χ4v) is 0.799. The van der Waals surface area contributed by atoms with Gasteiger partial charge in [-0.05, 0) is 6.42 Å². The van der Waals surface area contributed by atoms with Crippen LogP contribution in [0.1, 0.15) is 19.8 Å². The number of nitrogens with two attached hydrogens (primary N) is 2. The fourth-order valence-electron chi connectivity index (χ4n) is 0.799. The number of hydrogen-bond acceptors (Lipinski definition) is 4. The largest absolute Gasteiger partial charge is 0.482 e. The number of rotatable bonds is 3. The van der Waals surface area contributed by atoms with Gasteiger partial charge in [-0.25, -0.2) is 0 Å². The number of hydrogen-bond donors (Lipinski definition) is 4. The van der Waals surface area contributed by atoms with Gasteiger partial charge in [0, 0.05) is 6.54 Å². The molecule has 0 aromatic carbocycles.